The van der Waals surface area contributed by atoms with Crippen molar-refractivity contribution in [3.63, 3.8) is 0 Å². The van der Waals surface area contributed by atoms with Crippen LogP contribution >= 0.6 is 11.6 Å². The number of aromatic nitrogens is 3. The summed E-state index contributed by atoms with van der Waals surface area (Å²) in [6.07, 6.45) is 2.32. The molecular weight excluding hydrogens is 264 g/mol. The highest BCUT2D eigenvalue weighted by atomic mass is 35.5. The number of pyridine rings is 1. The number of rotatable bonds is 1. The molecule has 6 heteroatoms. The normalized spacial score (nSPS) is 21.3. The van der Waals surface area contributed by atoms with Gasteiger partial charge in [-0.3, -0.25) is 5.10 Å². The molecule has 0 amide bonds. The summed E-state index contributed by atoms with van der Waals surface area (Å²) in [5, 5.41) is 7.83. The summed E-state index contributed by atoms with van der Waals surface area (Å²) in [7, 11) is 0. The molecule has 2 fully saturated rings. The van der Waals surface area contributed by atoms with Gasteiger partial charge in [-0.1, -0.05) is 11.6 Å². The lowest BCUT2D eigenvalue weighted by Crippen LogP contribution is -2.48. The minimum absolute atomic E-state index is 0.139. The number of nitrogens with zero attached hydrogens (tertiary/aromatic N) is 3. The fraction of sp³-hybridized carbons (Fsp3) is 0.538. The van der Waals surface area contributed by atoms with Crippen molar-refractivity contribution in [2.75, 3.05) is 24.7 Å². The van der Waals surface area contributed by atoms with Crippen LogP contribution in [0.25, 0.3) is 11.0 Å². The molecule has 1 saturated heterocycles. The molecule has 0 atom stereocenters. The lowest BCUT2D eigenvalue weighted by molar-refractivity contribution is 0.0860. The van der Waals surface area contributed by atoms with E-state index in [4.69, 9.17) is 21.3 Å². The van der Waals surface area contributed by atoms with Crippen LogP contribution in [0.3, 0.4) is 0 Å². The molecule has 0 radical (unpaired) electrons. The number of hydrogen-bond donors (Lipinski definition) is 1. The third-order valence-electron chi connectivity index (χ3n) is 4.12. The molecule has 3 heterocycles. The second-order valence-corrected chi connectivity index (χ2v) is 5.85. The lowest BCUT2D eigenvalue weighted by Gasteiger charge is -2.37. The van der Waals surface area contributed by atoms with Gasteiger partial charge < -0.3 is 9.64 Å². The molecule has 0 unspecified atom stereocenters. The van der Waals surface area contributed by atoms with Crippen molar-refractivity contribution < 1.29 is 4.74 Å². The molecule has 2 aromatic rings. The number of morpholine rings is 1. The van der Waals surface area contributed by atoms with Crippen molar-refractivity contribution in [1.82, 2.24) is 15.2 Å². The van der Waals surface area contributed by atoms with Gasteiger partial charge in [0.25, 0.3) is 0 Å². The van der Waals surface area contributed by atoms with Crippen LogP contribution in [0.1, 0.15) is 18.5 Å². The van der Waals surface area contributed by atoms with Crippen LogP contribution in [-0.4, -0.2) is 40.5 Å². The van der Waals surface area contributed by atoms with Gasteiger partial charge in [-0.2, -0.15) is 5.10 Å². The third-order valence-corrected chi connectivity index (χ3v) is 4.40. The summed E-state index contributed by atoms with van der Waals surface area (Å²) in [6.45, 7) is 4.36. The van der Waals surface area contributed by atoms with E-state index in [1.807, 2.05) is 13.0 Å². The average molecular weight is 279 g/mol. The van der Waals surface area contributed by atoms with Crippen molar-refractivity contribution in [1.29, 1.82) is 0 Å². The second kappa shape index (κ2) is 3.84. The topological polar surface area (TPSA) is 54.0 Å². The van der Waals surface area contributed by atoms with E-state index in [0.29, 0.717) is 5.02 Å². The number of halogens is 1. The van der Waals surface area contributed by atoms with Gasteiger partial charge in [0.1, 0.15) is 16.9 Å². The molecule has 1 aliphatic heterocycles. The van der Waals surface area contributed by atoms with Crippen LogP contribution in [0, 0.1) is 6.92 Å². The van der Waals surface area contributed by atoms with Crippen LogP contribution in [0.5, 0.6) is 0 Å². The van der Waals surface area contributed by atoms with Gasteiger partial charge in [-0.05, 0) is 25.8 Å². The maximum Gasteiger partial charge on any atom is 0.148 e. The SMILES string of the molecule is Cc1[nH]nc2cc(Cl)c(N3CCOCC34CC4)nc12. The fourth-order valence-electron chi connectivity index (χ4n) is 2.84. The highest BCUT2D eigenvalue weighted by molar-refractivity contribution is 6.33. The van der Waals surface area contributed by atoms with Gasteiger partial charge in [0.15, 0.2) is 0 Å². The summed E-state index contributed by atoms with van der Waals surface area (Å²) in [6, 6.07) is 1.90. The van der Waals surface area contributed by atoms with Crippen molar-refractivity contribution in [2.45, 2.75) is 25.3 Å². The minimum Gasteiger partial charge on any atom is -0.377 e. The van der Waals surface area contributed by atoms with Crippen molar-refractivity contribution in [3.05, 3.63) is 16.8 Å². The van der Waals surface area contributed by atoms with Gasteiger partial charge in [0.05, 0.1) is 29.5 Å². The molecule has 5 nitrogen and oxygen atoms in total. The maximum atomic E-state index is 6.40. The first-order valence-corrected chi connectivity index (χ1v) is 6.94. The first kappa shape index (κ1) is 11.5. The Morgan fingerprint density at radius 2 is 2.32 bits per heavy atom. The van der Waals surface area contributed by atoms with Crippen LogP contribution in [0.15, 0.2) is 6.07 Å². The molecular formula is C13H15ClN4O. The number of anilines is 1. The van der Waals surface area contributed by atoms with Crippen LogP contribution in [0.4, 0.5) is 5.82 Å². The molecule has 4 rings (SSSR count). The molecule has 1 spiro atoms. The number of H-pyrrole nitrogens is 1. The zero-order valence-electron chi connectivity index (χ0n) is 10.7. The molecule has 0 bridgehead atoms. The number of aryl methyl sites for hydroxylation is 1. The van der Waals surface area contributed by atoms with E-state index in [9.17, 15) is 0 Å². The van der Waals surface area contributed by atoms with Gasteiger partial charge >= 0.3 is 0 Å². The van der Waals surface area contributed by atoms with Crippen LogP contribution < -0.4 is 4.90 Å². The van der Waals surface area contributed by atoms with Crippen molar-refractivity contribution in [2.24, 2.45) is 0 Å². The molecule has 0 aromatic carbocycles. The third kappa shape index (κ3) is 1.65. The summed E-state index contributed by atoms with van der Waals surface area (Å²) >= 11 is 6.40. The molecule has 100 valence electrons. The predicted molar refractivity (Wildman–Crippen MR) is 73.8 cm³/mol. The van der Waals surface area contributed by atoms with Gasteiger partial charge in [0, 0.05) is 6.54 Å². The van der Waals surface area contributed by atoms with E-state index < -0.39 is 0 Å². The number of aromatic amines is 1. The second-order valence-electron chi connectivity index (χ2n) is 5.44. The number of ether oxygens (including phenoxy) is 1. The summed E-state index contributed by atoms with van der Waals surface area (Å²) in [5.41, 5.74) is 2.84. The molecule has 1 N–H and O–H groups in total. The largest absolute Gasteiger partial charge is 0.377 e. The Balaban J connectivity index is 1.85. The summed E-state index contributed by atoms with van der Waals surface area (Å²) in [4.78, 5) is 7.06. The van der Waals surface area contributed by atoms with Crippen molar-refractivity contribution >= 4 is 28.5 Å². The Labute approximate surface area is 115 Å². The Kier molecular flexibility index (Phi) is 2.32. The summed E-state index contributed by atoms with van der Waals surface area (Å²) in [5.74, 6) is 0.875. The van der Waals surface area contributed by atoms with Crippen LogP contribution in [0.2, 0.25) is 5.02 Å². The minimum atomic E-state index is 0.139. The first-order valence-electron chi connectivity index (χ1n) is 6.56. The zero-order chi connectivity index (χ0) is 13.0. The monoisotopic (exact) mass is 278 g/mol. The van der Waals surface area contributed by atoms with E-state index >= 15 is 0 Å². The number of nitrogens with one attached hydrogen (secondary N) is 1. The van der Waals surface area contributed by atoms with E-state index in [1.165, 1.54) is 0 Å². The van der Waals surface area contributed by atoms with Crippen molar-refractivity contribution in [3.8, 4) is 0 Å². The number of fused-ring (bicyclic) bond motifs is 1. The highest BCUT2D eigenvalue weighted by Crippen LogP contribution is 2.47. The van der Waals surface area contributed by atoms with Gasteiger partial charge in [0.2, 0.25) is 0 Å². The van der Waals surface area contributed by atoms with Crippen LogP contribution in [-0.2, 0) is 4.74 Å². The molecule has 1 aliphatic carbocycles. The molecule has 2 aliphatic rings. The van der Waals surface area contributed by atoms with E-state index in [2.05, 4.69) is 15.1 Å². The Morgan fingerprint density at radius 3 is 3.11 bits per heavy atom. The van der Waals surface area contributed by atoms with E-state index in [1.54, 1.807) is 0 Å². The fourth-order valence-corrected chi connectivity index (χ4v) is 3.09. The zero-order valence-corrected chi connectivity index (χ0v) is 11.5. The van der Waals surface area contributed by atoms with E-state index in [-0.39, 0.29) is 5.54 Å². The smallest absolute Gasteiger partial charge is 0.148 e. The Bertz CT molecular complexity index is 649. The highest BCUT2D eigenvalue weighted by Gasteiger charge is 2.51. The average Bonchev–Trinajstić information content (AvgIpc) is 3.08. The first-order chi connectivity index (χ1) is 9.20. The lowest BCUT2D eigenvalue weighted by atomic mass is 10.2. The molecule has 2 aromatic heterocycles. The summed E-state index contributed by atoms with van der Waals surface area (Å²) < 4.78 is 5.60. The maximum absolute atomic E-state index is 6.40. The number of hydrogen-bond acceptors (Lipinski definition) is 4. The van der Waals surface area contributed by atoms with Gasteiger partial charge in [-0.15, -0.1) is 0 Å². The molecule has 1 saturated carbocycles. The standard InChI is InChI=1S/C13H15ClN4O/c1-8-11-10(17-16-8)6-9(14)12(15-11)18-4-5-19-7-13(18)2-3-13/h6H,2-5,7H2,1H3,(H,16,17). The quantitative estimate of drug-likeness (QED) is 0.870. The Hall–Kier alpha value is -1.33. The molecule has 19 heavy (non-hydrogen) atoms. The van der Waals surface area contributed by atoms with E-state index in [0.717, 1.165) is 55.1 Å². The Morgan fingerprint density at radius 1 is 1.47 bits per heavy atom. The predicted octanol–water partition coefficient (Wildman–Crippen LogP) is 2.29. The van der Waals surface area contributed by atoms with Gasteiger partial charge in [-0.25, -0.2) is 4.98 Å².